The number of rotatable bonds is 6. The highest BCUT2D eigenvalue weighted by Gasteiger charge is 2.54. The summed E-state index contributed by atoms with van der Waals surface area (Å²) in [6.45, 7) is 4.63. The lowest BCUT2D eigenvalue weighted by molar-refractivity contribution is -0.158. The van der Waals surface area contributed by atoms with Gasteiger partial charge in [0.25, 0.3) is 0 Å². The number of hydrogen-bond donors (Lipinski definition) is 5. The van der Waals surface area contributed by atoms with Crippen LogP contribution in [0.3, 0.4) is 0 Å². The van der Waals surface area contributed by atoms with Gasteiger partial charge in [0.1, 0.15) is 5.75 Å². The molecule has 0 unspecified atom stereocenters. The zero-order chi connectivity index (χ0) is 26.0. The van der Waals surface area contributed by atoms with E-state index in [-0.39, 0.29) is 17.1 Å². The van der Waals surface area contributed by atoms with Gasteiger partial charge in [0, 0.05) is 74.0 Å². The van der Waals surface area contributed by atoms with Gasteiger partial charge in [-0.25, -0.2) is 0 Å². The first-order valence-electron chi connectivity index (χ1n) is 12.7. The van der Waals surface area contributed by atoms with Crippen molar-refractivity contribution in [2.24, 2.45) is 28.0 Å². The van der Waals surface area contributed by atoms with Crippen LogP contribution in [-0.2, 0) is 4.79 Å². The second kappa shape index (κ2) is 9.82. The number of nitrogens with one attached hydrogen (secondary N) is 1. The largest absolute Gasteiger partial charge is 0.507 e. The monoisotopic (exact) mass is 501 g/mol. The van der Waals surface area contributed by atoms with Crippen LogP contribution in [0.2, 0.25) is 0 Å². The Hall–Kier alpha value is -3.98. The molecule has 194 valence electrons. The molecule has 3 fully saturated rings. The normalized spacial score (nSPS) is 21.4. The van der Waals surface area contributed by atoms with Crippen LogP contribution in [0.1, 0.15) is 24.1 Å². The molecule has 0 aliphatic carbocycles. The number of amides is 1. The summed E-state index contributed by atoms with van der Waals surface area (Å²) < 4.78 is 0. The van der Waals surface area contributed by atoms with Crippen LogP contribution in [0, 0.1) is 10.8 Å². The van der Waals surface area contributed by atoms with Crippen LogP contribution in [-0.4, -0.2) is 65.1 Å². The Balaban J connectivity index is 1.37. The van der Waals surface area contributed by atoms with E-state index < -0.39 is 5.41 Å². The number of aromatic hydroxyl groups is 1. The Morgan fingerprint density at radius 3 is 2.32 bits per heavy atom. The van der Waals surface area contributed by atoms with Gasteiger partial charge in [0.2, 0.25) is 5.91 Å². The van der Waals surface area contributed by atoms with Gasteiger partial charge in [-0.3, -0.25) is 9.78 Å². The summed E-state index contributed by atoms with van der Waals surface area (Å²) in [4.78, 5) is 22.4. The van der Waals surface area contributed by atoms with Crippen molar-refractivity contribution >= 4 is 17.7 Å². The fourth-order valence-electron chi connectivity index (χ4n) is 5.64. The maximum atomic E-state index is 14.0. The Labute approximate surface area is 217 Å². The number of benzene rings is 1. The van der Waals surface area contributed by atoms with Gasteiger partial charge < -0.3 is 37.4 Å². The SMILES string of the molecule is N/C=C(\C=C(/N)c1ccccc1O)N1CCC(C(=O)N2CC3(CNC3)C2)(/C(N)=C/c2ccccn2)CC1. The minimum absolute atomic E-state index is 0.0944. The Kier molecular flexibility index (Phi) is 6.55. The highest BCUT2D eigenvalue weighted by Crippen LogP contribution is 2.44. The zero-order valence-corrected chi connectivity index (χ0v) is 20.9. The lowest BCUT2D eigenvalue weighted by atomic mass is 9.69. The maximum Gasteiger partial charge on any atom is 0.234 e. The van der Waals surface area contributed by atoms with Crippen molar-refractivity contribution < 1.29 is 9.90 Å². The van der Waals surface area contributed by atoms with Gasteiger partial charge in [-0.15, -0.1) is 0 Å². The molecule has 1 spiro atoms. The standard InChI is InChI=1S/C28H35N7O2/c29-15-21(14-23(30)22-6-1-2-7-24(22)36)34-11-8-28(9-12-34,25(31)13-20-5-3-4-10-33-20)26(37)35-18-27(19-35)16-32-17-27/h1-7,10,13-15,32,36H,8-9,11-12,16-19,29-31H2/b21-15+,23-14-,25-13-. The highest BCUT2D eigenvalue weighted by molar-refractivity contribution is 5.88. The second-order valence-electron chi connectivity index (χ2n) is 10.4. The number of phenolic OH excluding ortho intramolecular Hbond substituents is 1. The number of pyridine rings is 1. The minimum Gasteiger partial charge on any atom is -0.507 e. The van der Waals surface area contributed by atoms with E-state index in [0.29, 0.717) is 42.9 Å². The van der Waals surface area contributed by atoms with Gasteiger partial charge in [-0.1, -0.05) is 18.2 Å². The molecule has 3 aliphatic rings. The van der Waals surface area contributed by atoms with Crippen LogP contribution >= 0.6 is 0 Å². The molecule has 1 amide bonds. The van der Waals surface area contributed by atoms with Crippen molar-refractivity contribution in [2.45, 2.75) is 12.8 Å². The van der Waals surface area contributed by atoms with Gasteiger partial charge in [0.05, 0.1) is 16.8 Å². The van der Waals surface area contributed by atoms with Crippen LogP contribution in [0.25, 0.3) is 11.8 Å². The molecule has 8 N–H and O–H groups in total. The van der Waals surface area contributed by atoms with Crippen LogP contribution in [0.4, 0.5) is 0 Å². The van der Waals surface area contributed by atoms with Crippen molar-refractivity contribution in [2.75, 3.05) is 39.3 Å². The lowest BCUT2D eigenvalue weighted by Gasteiger charge is -2.58. The molecular formula is C28H35N7O2. The van der Waals surface area contributed by atoms with E-state index >= 15 is 0 Å². The number of carbonyl (C=O) groups excluding carboxylic acids is 1. The van der Waals surface area contributed by atoms with E-state index in [2.05, 4.69) is 15.2 Å². The molecule has 0 saturated carbocycles. The number of piperidine rings is 1. The molecular weight excluding hydrogens is 466 g/mol. The summed E-state index contributed by atoms with van der Waals surface area (Å²) in [5.41, 5.74) is 21.4. The molecule has 1 aromatic carbocycles. The van der Waals surface area contributed by atoms with Crippen LogP contribution < -0.4 is 22.5 Å². The molecule has 9 heteroatoms. The Morgan fingerprint density at radius 2 is 1.73 bits per heavy atom. The molecule has 4 heterocycles. The average Bonchev–Trinajstić information content (AvgIpc) is 2.86. The number of para-hydroxylation sites is 1. The van der Waals surface area contributed by atoms with Crippen molar-refractivity contribution in [3.8, 4) is 5.75 Å². The number of likely N-dealkylation sites (tertiary alicyclic amines) is 2. The number of hydrogen-bond acceptors (Lipinski definition) is 8. The number of aromatic nitrogens is 1. The van der Waals surface area contributed by atoms with E-state index in [1.807, 2.05) is 35.2 Å². The molecule has 2 aromatic rings. The fraction of sp³-hybridized carbons (Fsp3) is 0.357. The van der Waals surface area contributed by atoms with Gasteiger partial charge in [-0.2, -0.15) is 0 Å². The number of carbonyl (C=O) groups is 1. The molecule has 0 radical (unpaired) electrons. The first-order valence-corrected chi connectivity index (χ1v) is 12.7. The van der Waals surface area contributed by atoms with Crippen LogP contribution in [0.5, 0.6) is 5.75 Å². The molecule has 37 heavy (non-hydrogen) atoms. The highest BCUT2D eigenvalue weighted by atomic mass is 16.3. The molecule has 3 saturated heterocycles. The Bertz CT molecular complexity index is 1230. The van der Waals surface area contributed by atoms with Crippen LogP contribution in [0.15, 0.2) is 72.3 Å². The molecule has 0 atom stereocenters. The number of phenols is 1. The predicted molar refractivity (Wildman–Crippen MR) is 144 cm³/mol. The second-order valence-corrected chi connectivity index (χ2v) is 10.4. The van der Waals surface area contributed by atoms with E-state index in [4.69, 9.17) is 17.2 Å². The number of nitrogens with zero attached hydrogens (tertiary/aromatic N) is 3. The number of allylic oxidation sites excluding steroid dienone is 1. The Morgan fingerprint density at radius 1 is 1.03 bits per heavy atom. The van der Waals surface area contributed by atoms with Crippen molar-refractivity contribution in [1.29, 1.82) is 0 Å². The summed E-state index contributed by atoms with van der Waals surface area (Å²) >= 11 is 0. The van der Waals surface area contributed by atoms with E-state index in [1.165, 1.54) is 6.20 Å². The molecule has 9 nitrogen and oxygen atoms in total. The van der Waals surface area contributed by atoms with E-state index in [0.717, 1.165) is 37.6 Å². The molecule has 1 aromatic heterocycles. The summed E-state index contributed by atoms with van der Waals surface area (Å²) in [6.07, 6.45) is 7.93. The summed E-state index contributed by atoms with van der Waals surface area (Å²) in [5.74, 6) is 0.203. The first-order chi connectivity index (χ1) is 17.9. The summed E-state index contributed by atoms with van der Waals surface area (Å²) in [7, 11) is 0. The maximum absolute atomic E-state index is 14.0. The zero-order valence-electron chi connectivity index (χ0n) is 20.9. The van der Waals surface area contributed by atoms with E-state index in [1.54, 1.807) is 30.5 Å². The van der Waals surface area contributed by atoms with Crippen molar-refractivity contribution in [3.63, 3.8) is 0 Å². The predicted octanol–water partition coefficient (Wildman–Crippen LogP) is 1.40. The molecule has 3 aliphatic heterocycles. The van der Waals surface area contributed by atoms with Crippen molar-refractivity contribution in [1.82, 2.24) is 20.1 Å². The quantitative estimate of drug-likeness (QED) is 0.373. The number of nitrogens with two attached hydrogens (primary N) is 3. The third kappa shape index (κ3) is 4.62. The van der Waals surface area contributed by atoms with Crippen molar-refractivity contribution in [3.05, 3.63) is 83.6 Å². The van der Waals surface area contributed by atoms with E-state index in [9.17, 15) is 9.90 Å². The third-order valence-electron chi connectivity index (χ3n) is 7.96. The smallest absolute Gasteiger partial charge is 0.234 e. The summed E-state index contributed by atoms with van der Waals surface area (Å²) in [5, 5.41) is 13.5. The lowest BCUT2D eigenvalue weighted by Crippen LogP contribution is -2.73. The molecule has 5 rings (SSSR count). The first kappa shape index (κ1) is 24.7. The third-order valence-corrected chi connectivity index (χ3v) is 7.96. The topological polar surface area (TPSA) is 147 Å². The van der Waals surface area contributed by atoms with Gasteiger partial charge in [-0.05, 0) is 49.3 Å². The van der Waals surface area contributed by atoms with Gasteiger partial charge >= 0.3 is 0 Å². The summed E-state index contributed by atoms with van der Waals surface area (Å²) in [6, 6.07) is 12.6. The molecule has 0 bridgehead atoms. The minimum atomic E-state index is -0.806. The fourth-order valence-corrected chi connectivity index (χ4v) is 5.64. The average molecular weight is 502 g/mol. The van der Waals surface area contributed by atoms with Gasteiger partial charge in [0.15, 0.2) is 0 Å².